The van der Waals surface area contributed by atoms with Gasteiger partial charge in [-0.25, -0.2) is 8.42 Å². The van der Waals surface area contributed by atoms with E-state index in [2.05, 4.69) is 0 Å². The summed E-state index contributed by atoms with van der Waals surface area (Å²) in [6.07, 6.45) is 4.09. The van der Waals surface area contributed by atoms with Crippen molar-refractivity contribution < 1.29 is 13.2 Å². The van der Waals surface area contributed by atoms with Crippen LogP contribution in [0.2, 0.25) is 0 Å². The minimum absolute atomic E-state index is 0.370. The van der Waals surface area contributed by atoms with Gasteiger partial charge in [-0.15, -0.1) is 0 Å². The Morgan fingerprint density at radius 1 is 1.24 bits per heavy atom. The fourth-order valence-electron chi connectivity index (χ4n) is 3.07. The summed E-state index contributed by atoms with van der Waals surface area (Å²) >= 11 is 0. The Kier molecular flexibility index (Phi) is 3.59. The van der Waals surface area contributed by atoms with Gasteiger partial charge in [0.05, 0.1) is 4.91 Å². The third kappa shape index (κ3) is 2.49. The lowest BCUT2D eigenvalue weighted by Gasteiger charge is -2.25. The van der Waals surface area contributed by atoms with E-state index in [-0.39, 0.29) is 0 Å². The number of nitrogens with two attached hydrogens (primary N) is 1. The van der Waals surface area contributed by atoms with Crippen molar-refractivity contribution in [2.24, 2.45) is 5.73 Å². The van der Waals surface area contributed by atoms with E-state index in [4.69, 9.17) is 5.73 Å². The van der Waals surface area contributed by atoms with Crippen LogP contribution in [0.4, 0.5) is 0 Å². The van der Waals surface area contributed by atoms with Crippen molar-refractivity contribution in [1.29, 1.82) is 0 Å². The van der Waals surface area contributed by atoms with Gasteiger partial charge in [0.1, 0.15) is 6.04 Å². The zero-order valence-electron chi connectivity index (χ0n) is 11.7. The molecule has 1 aromatic carbocycles. The van der Waals surface area contributed by atoms with Gasteiger partial charge in [-0.3, -0.25) is 4.79 Å². The normalized spacial score (nSPS) is 22.7. The standard InChI is InChI=1S/C15H18N2O3S/c16-15(18)14-6-3-9-17(14)21(19,20)13-8-7-11-4-1-2-5-12(11)10-13/h1-2,4-5,10,14H,3,6-9H2,(H2,16,18)/t14-/m1/s1. The van der Waals surface area contributed by atoms with Crippen molar-refractivity contribution in [3.05, 3.63) is 40.3 Å². The molecular formula is C15H18N2O3S. The Balaban J connectivity index is 1.97. The lowest BCUT2D eigenvalue weighted by molar-refractivity contribution is -0.121. The van der Waals surface area contributed by atoms with Crippen LogP contribution < -0.4 is 5.73 Å². The molecule has 0 aromatic heterocycles. The van der Waals surface area contributed by atoms with Gasteiger partial charge >= 0.3 is 0 Å². The molecule has 1 heterocycles. The Hall–Kier alpha value is -1.66. The highest BCUT2D eigenvalue weighted by Gasteiger charge is 2.39. The van der Waals surface area contributed by atoms with E-state index < -0.39 is 22.0 Å². The van der Waals surface area contributed by atoms with Crippen LogP contribution in [0, 0.1) is 0 Å². The van der Waals surface area contributed by atoms with Gasteiger partial charge in [0, 0.05) is 6.54 Å². The molecule has 0 bridgehead atoms. The number of nitrogens with zero attached hydrogens (tertiary/aromatic N) is 1. The molecule has 1 aliphatic carbocycles. The maximum absolute atomic E-state index is 12.8. The Labute approximate surface area is 124 Å². The van der Waals surface area contributed by atoms with E-state index in [0.29, 0.717) is 37.1 Å². The van der Waals surface area contributed by atoms with Crippen molar-refractivity contribution in [1.82, 2.24) is 4.31 Å². The SMILES string of the molecule is NC(=O)[C@H]1CCCN1S(=O)(=O)C1=Cc2ccccc2CC1. The van der Waals surface area contributed by atoms with Crippen LogP contribution in [-0.2, 0) is 21.2 Å². The van der Waals surface area contributed by atoms with Crippen molar-refractivity contribution in [3.63, 3.8) is 0 Å². The zero-order valence-corrected chi connectivity index (χ0v) is 12.5. The second-order valence-corrected chi connectivity index (χ2v) is 7.43. The van der Waals surface area contributed by atoms with Crippen LogP contribution >= 0.6 is 0 Å². The number of aryl methyl sites for hydroxylation is 1. The summed E-state index contributed by atoms with van der Waals surface area (Å²) < 4.78 is 26.8. The third-order valence-corrected chi connectivity index (χ3v) is 6.22. The van der Waals surface area contributed by atoms with Crippen molar-refractivity contribution >= 4 is 22.0 Å². The number of amides is 1. The maximum atomic E-state index is 12.8. The van der Waals surface area contributed by atoms with E-state index >= 15 is 0 Å². The first-order chi connectivity index (χ1) is 10.00. The van der Waals surface area contributed by atoms with E-state index in [9.17, 15) is 13.2 Å². The van der Waals surface area contributed by atoms with Crippen LogP contribution in [0.3, 0.4) is 0 Å². The highest BCUT2D eigenvalue weighted by atomic mass is 32.2. The first kappa shape index (κ1) is 14.3. The molecule has 21 heavy (non-hydrogen) atoms. The van der Waals surface area contributed by atoms with Gasteiger partial charge in [0.25, 0.3) is 0 Å². The molecule has 0 unspecified atom stereocenters. The Morgan fingerprint density at radius 3 is 2.76 bits per heavy atom. The largest absolute Gasteiger partial charge is 0.368 e. The third-order valence-electron chi connectivity index (χ3n) is 4.18. The molecule has 1 fully saturated rings. The van der Waals surface area contributed by atoms with Crippen molar-refractivity contribution in [3.8, 4) is 0 Å². The average molecular weight is 306 g/mol. The molecule has 1 amide bonds. The summed E-state index contributed by atoms with van der Waals surface area (Å²) in [5.74, 6) is -0.562. The van der Waals surface area contributed by atoms with Gasteiger partial charge in [0.2, 0.25) is 15.9 Å². The summed E-state index contributed by atoms with van der Waals surface area (Å²) in [4.78, 5) is 11.8. The van der Waals surface area contributed by atoms with Gasteiger partial charge in [0.15, 0.2) is 0 Å². The van der Waals surface area contributed by atoms with E-state index in [1.165, 1.54) is 4.31 Å². The second-order valence-electron chi connectivity index (χ2n) is 5.49. The lowest BCUT2D eigenvalue weighted by atomic mass is 9.98. The minimum Gasteiger partial charge on any atom is -0.368 e. The van der Waals surface area contributed by atoms with Gasteiger partial charge in [-0.1, -0.05) is 24.3 Å². The maximum Gasteiger partial charge on any atom is 0.239 e. The number of fused-ring (bicyclic) bond motifs is 1. The molecule has 3 rings (SSSR count). The lowest BCUT2D eigenvalue weighted by Crippen LogP contribution is -2.44. The van der Waals surface area contributed by atoms with Crippen LogP contribution in [0.5, 0.6) is 0 Å². The molecule has 0 spiro atoms. The number of allylic oxidation sites excluding steroid dienone is 1. The molecule has 2 N–H and O–H groups in total. The number of hydrogen-bond acceptors (Lipinski definition) is 3. The number of sulfonamides is 1. The van der Waals surface area contributed by atoms with Gasteiger partial charge in [-0.05, 0) is 42.9 Å². The average Bonchev–Trinajstić information content (AvgIpc) is 2.97. The second kappa shape index (κ2) is 5.27. The van der Waals surface area contributed by atoms with E-state index in [1.807, 2.05) is 24.3 Å². The Morgan fingerprint density at radius 2 is 2.00 bits per heavy atom. The van der Waals surface area contributed by atoms with Gasteiger partial charge in [-0.2, -0.15) is 4.31 Å². The molecule has 2 aliphatic rings. The molecule has 1 aliphatic heterocycles. The summed E-state index contributed by atoms with van der Waals surface area (Å²) in [7, 11) is -3.61. The number of carbonyl (C=O) groups is 1. The van der Waals surface area contributed by atoms with E-state index in [0.717, 1.165) is 11.1 Å². The molecule has 6 heteroatoms. The molecular weight excluding hydrogens is 288 g/mol. The summed E-state index contributed by atoms with van der Waals surface area (Å²) in [5, 5.41) is 0. The summed E-state index contributed by atoms with van der Waals surface area (Å²) in [5.41, 5.74) is 7.42. The number of benzene rings is 1. The van der Waals surface area contributed by atoms with Crippen LogP contribution in [0.1, 0.15) is 30.4 Å². The molecule has 0 radical (unpaired) electrons. The van der Waals surface area contributed by atoms with Crippen molar-refractivity contribution in [2.75, 3.05) is 6.54 Å². The van der Waals surface area contributed by atoms with Crippen LogP contribution in [0.25, 0.3) is 6.08 Å². The molecule has 112 valence electrons. The fraction of sp³-hybridized carbons (Fsp3) is 0.400. The quantitative estimate of drug-likeness (QED) is 0.912. The smallest absolute Gasteiger partial charge is 0.239 e. The first-order valence-corrected chi connectivity index (χ1v) is 8.54. The predicted octanol–water partition coefficient (Wildman–Crippen LogP) is 1.25. The summed E-state index contributed by atoms with van der Waals surface area (Å²) in [6.45, 7) is 0.370. The van der Waals surface area contributed by atoms with Gasteiger partial charge < -0.3 is 5.73 Å². The summed E-state index contributed by atoms with van der Waals surface area (Å²) in [6, 6.07) is 7.08. The molecule has 0 saturated carbocycles. The van der Waals surface area contributed by atoms with Crippen molar-refractivity contribution in [2.45, 2.75) is 31.7 Å². The number of rotatable bonds is 3. The zero-order chi connectivity index (χ0) is 15.0. The topological polar surface area (TPSA) is 80.5 Å². The fourth-order valence-corrected chi connectivity index (χ4v) is 4.92. The van der Waals surface area contributed by atoms with Crippen LogP contribution in [0.15, 0.2) is 29.2 Å². The Bertz CT molecular complexity index is 709. The molecule has 5 nitrogen and oxygen atoms in total. The molecule has 1 aromatic rings. The first-order valence-electron chi connectivity index (χ1n) is 7.10. The van der Waals surface area contributed by atoms with Crippen LogP contribution in [-0.4, -0.2) is 31.2 Å². The number of carbonyl (C=O) groups excluding carboxylic acids is 1. The highest BCUT2D eigenvalue weighted by Crippen LogP contribution is 2.32. The highest BCUT2D eigenvalue weighted by molar-refractivity contribution is 7.93. The number of hydrogen-bond donors (Lipinski definition) is 1. The molecule has 1 atom stereocenters. The van der Waals surface area contributed by atoms with E-state index in [1.54, 1.807) is 6.08 Å². The predicted molar refractivity (Wildman–Crippen MR) is 80.6 cm³/mol. The number of primary amides is 1. The molecule has 1 saturated heterocycles. The monoisotopic (exact) mass is 306 g/mol. The minimum atomic E-state index is -3.61.